The fourth-order valence-electron chi connectivity index (χ4n) is 1.15. The van der Waals surface area contributed by atoms with Gasteiger partial charge >= 0.3 is 5.97 Å². The Balaban J connectivity index is 2.45. The van der Waals surface area contributed by atoms with Crippen molar-refractivity contribution >= 4 is 5.97 Å². The fourth-order valence-corrected chi connectivity index (χ4v) is 1.15. The van der Waals surface area contributed by atoms with Crippen LogP contribution >= 0.6 is 0 Å². The maximum Gasteiger partial charge on any atom is 0.339 e. The SMILES string of the molecule is C=CCC[C@@H](C)OC(=O)c1cccnc1. The number of hydrogen-bond donors (Lipinski definition) is 0. The van der Waals surface area contributed by atoms with E-state index in [1.165, 1.54) is 6.20 Å². The van der Waals surface area contributed by atoms with Gasteiger partial charge in [0.15, 0.2) is 0 Å². The number of hydrogen-bond acceptors (Lipinski definition) is 3. The number of allylic oxidation sites excluding steroid dienone is 1. The van der Waals surface area contributed by atoms with Crippen LogP contribution in [0.4, 0.5) is 0 Å². The molecule has 80 valence electrons. The lowest BCUT2D eigenvalue weighted by molar-refractivity contribution is 0.0326. The topological polar surface area (TPSA) is 39.2 Å². The van der Waals surface area contributed by atoms with Crippen LogP contribution in [-0.2, 0) is 4.74 Å². The summed E-state index contributed by atoms with van der Waals surface area (Å²) < 4.78 is 5.21. The Morgan fingerprint density at radius 2 is 2.53 bits per heavy atom. The van der Waals surface area contributed by atoms with Crippen LogP contribution in [-0.4, -0.2) is 17.1 Å². The summed E-state index contributed by atoms with van der Waals surface area (Å²) in [4.78, 5) is 15.4. The molecular weight excluding hydrogens is 190 g/mol. The van der Waals surface area contributed by atoms with Crippen molar-refractivity contribution in [2.45, 2.75) is 25.9 Å². The van der Waals surface area contributed by atoms with E-state index in [1.807, 2.05) is 13.0 Å². The molecule has 0 saturated carbocycles. The molecule has 0 radical (unpaired) electrons. The van der Waals surface area contributed by atoms with Gasteiger partial charge in [0.05, 0.1) is 11.7 Å². The summed E-state index contributed by atoms with van der Waals surface area (Å²) in [6.07, 6.45) is 6.50. The van der Waals surface area contributed by atoms with Gasteiger partial charge in [-0.25, -0.2) is 4.79 Å². The number of aromatic nitrogens is 1. The van der Waals surface area contributed by atoms with Crippen molar-refractivity contribution in [1.29, 1.82) is 0 Å². The molecule has 0 spiro atoms. The van der Waals surface area contributed by atoms with E-state index >= 15 is 0 Å². The van der Waals surface area contributed by atoms with E-state index < -0.39 is 0 Å². The predicted molar refractivity (Wildman–Crippen MR) is 58.5 cm³/mol. The van der Waals surface area contributed by atoms with Crippen LogP contribution in [0.2, 0.25) is 0 Å². The molecule has 0 bridgehead atoms. The van der Waals surface area contributed by atoms with Crippen molar-refractivity contribution < 1.29 is 9.53 Å². The third kappa shape index (κ3) is 3.94. The molecule has 0 saturated heterocycles. The highest BCUT2D eigenvalue weighted by Crippen LogP contribution is 2.06. The van der Waals surface area contributed by atoms with Crippen molar-refractivity contribution in [3.05, 3.63) is 42.7 Å². The van der Waals surface area contributed by atoms with Gasteiger partial charge in [-0.05, 0) is 31.9 Å². The standard InChI is InChI=1S/C12H15NO2/c1-3-4-6-10(2)15-12(14)11-7-5-8-13-9-11/h3,5,7-10H,1,4,6H2,2H3/t10-/m1/s1. The number of carbonyl (C=O) groups is 1. The zero-order valence-corrected chi connectivity index (χ0v) is 8.85. The first-order valence-corrected chi connectivity index (χ1v) is 4.96. The lowest BCUT2D eigenvalue weighted by Gasteiger charge is -2.11. The van der Waals surface area contributed by atoms with Crippen LogP contribution in [0.1, 0.15) is 30.1 Å². The molecule has 1 atom stereocenters. The first-order chi connectivity index (χ1) is 7.24. The molecule has 1 aromatic heterocycles. The number of carbonyl (C=O) groups excluding carboxylic acids is 1. The fraction of sp³-hybridized carbons (Fsp3) is 0.333. The van der Waals surface area contributed by atoms with Gasteiger partial charge in [-0.3, -0.25) is 4.98 Å². The molecule has 3 heteroatoms. The van der Waals surface area contributed by atoms with E-state index in [-0.39, 0.29) is 12.1 Å². The second-order valence-electron chi connectivity index (χ2n) is 3.32. The number of pyridine rings is 1. The van der Waals surface area contributed by atoms with Gasteiger partial charge in [-0.2, -0.15) is 0 Å². The van der Waals surface area contributed by atoms with Gasteiger partial charge in [0.2, 0.25) is 0 Å². The number of ether oxygens (including phenoxy) is 1. The van der Waals surface area contributed by atoms with Gasteiger partial charge in [-0.1, -0.05) is 6.08 Å². The van der Waals surface area contributed by atoms with E-state index in [0.717, 1.165) is 12.8 Å². The maximum absolute atomic E-state index is 11.5. The number of esters is 1. The van der Waals surface area contributed by atoms with Crippen molar-refractivity contribution in [2.75, 3.05) is 0 Å². The van der Waals surface area contributed by atoms with E-state index in [4.69, 9.17) is 4.74 Å². The molecule has 15 heavy (non-hydrogen) atoms. The minimum atomic E-state index is -0.320. The molecule has 1 heterocycles. The lowest BCUT2D eigenvalue weighted by Crippen LogP contribution is -2.14. The first kappa shape index (κ1) is 11.4. The molecule has 0 fully saturated rings. The number of rotatable bonds is 5. The Bertz CT molecular complexity index is 322. The van der Waals surface area contributed by atoms with Gasteiger partial charge in [0.1, 0.15) is 0 Å². The smallest absolute Gasteiger partial charge is 0.339 e. The average Bonchev–Trinajstić information content (AvgIpc) is 2.27. The Labute approximate surface area is 89.8 Å². The minimum absolute atomic E-state index is 0.0873. The summed E-state index contributed by atoms with van der Waals surface area (Å²) in [5.41, 5.74) is 0.489. The monoisotopic (exact) mass is 205 g/mol. The number of nitrogens with zero attached hydrogens (tertiary/aromatic N) is 1. The second-order valence-corrected chi connectivity index (χ2v) is 3.32. The third-order valence-electron chi connectivity index (χ3n) is 1.98. The molecule has 0 aliphatic rings. The zero-order chi connectivity index (χ0) is 11.1. The van der Waals surface area contributed by atoms with Crippen LogP contribution in [0.15, 0.2) is 37.2 Å². The molecule has 3 nitrogen and oxygen atoms in total. The summed E-state index contributed by atoms with van der Waals surface area (Å²) in [5.74, 6) is -0.320. The molecule has 0 aromatic carbocycles. The molecule has 0 amide bonds. The van der Waals surface area contributed by atoms with Gasteiger partial charge in [0.25, 0.3) is 0 Å². The Kier molecular flexibility index (Phi) is 4.54. The zero-order valence-electron chi connectivity index (χ0n) is 8.85. The molecule has 0 aliphatic carbocycles. The van der Waals surface area contributed by atoms with Crippen molar-refractivity contribution in [3.63, 3.8) is 0 Å². The van der Waals surface area contributed by atoms with Crippen LogP contribution in [0, 0.1) is 0 Å². The summed E-state index contributed by atoms with van der Waals surface area (Å²) in [6.45, 7) is 5.49. The molecule has 1 rings (SSSR count). The van der Waals surface area contributed by atoms with Gasteiger partial charge in [-0.15, -0.1) is 6.58 Å². The summed E-state index contributed by atoms with van der Waals surface area (Å²) in [5, 5.41) is 0. The highest BCUT2D eigenvalue weighted by Gasteiger charge is 2.10. The lowest BCUT2D eigenvalue weighted by atomic mass is 10.2. The molecule has 0 N–H and O–H groups in total. The Morgan fingerprint density at radius 3 is 3.13 bits per heavy atom. The largest absolute Gasteiger partial charge is 0.459 e. The Morgan fingerprint density at radius 1 is 1.73 bits per heavy atom. The first-order valence-electron chi connectivity index (χ1n) is 4.96. The Hall–Kier alpha value is -1.64. The van der Waals surface area contributed by atoms with Crippen LogP contribution in [0.3, 0.4) is 0 Å². The van der Waals surface area contributed by atoms with Crippen molar-refractivity contribution in [1.82, 2.24) is 4.98 Å². The van der Waals surface area contributed by atoms with Crippen LogP contribution in [0.25, 0.3) is 0 Å². The van der Waals surface area contributed by atoms with Crippen molar-refractivity contribution in [3.8, 4) is 0 Å². The highest BCUT2D eigenvalue weighted by molar-refractivity contribution is 5.89. The summed E-state index contributed by atoms with van der Waals surface area (Å²) in [6, 6.07) is 3.40. The maximum atomic E-state index is 11.5. The minimum Gasteiger partial charge on any atom is -0.459 e. The predicted octanol–water partition coefficient (Wildman–Crippen LogP) is 2.59. The summed E-state index contributed by atoms with van der Waals surface area (Å²) >= 11 is 0. The highest BCUT2D eigenvalue weighted by atomic mass is 16.5. The van der Waals surface area contributed by atoms with Crippen molar-refractivity contribution in [2.24, 2.45) is 0 Å². The summed E-state index contributed by atoms with van der Waals surface area (Å²) in [7, 11) is 0. The molecule has 0 unspecified atom stereocenters. The molecular formula is C12H15NO2. The normalized spacial score (nSPS) is 11.8. The van der Waals surface area contributed by atoms with E-state index in [2.05, 4.69) is 11.6 Å². The second kappa shape index (κ2) is 5.96. The van der Waals surface area contributed by atoms with E-state index in [0.29, 0.717) is 5.56 Å². The quantitative estimate of drug-likeness (QED) is 0.548. The van der Waals surface area contributed by atoms with Gasteiger partial charge < -0.3 is 4.74 Å². The van der Waals surface area contributed by atoms with E-state index in [9.17, 15) is 4.79 Å². The average molecular weight is 205 g/mol. The third-order valence-corrected chi connectivity index (χ3v) is 1.98. The van der Waals surface area contributed by atoms with Gasteiger partial charge in [0, 0.05) is 12.4 Å². The van der Waals surface area contributed by atoms with E-state index in [1.54, 1.807) is 18.3 Å². The van der Waals surface area contributed by atoms with Crippen LogP contribution in [0.5, 0.6) is 0 Å². The molecule has 1 aromatic rings. The van der Waals surface area contributed by atoms with Crippen LogP contribution < -0.4 is 0 Å². The molecule has 0 aliphatic heterocycles.